The first-order valence-corrected chi connectivity index (χ1v) is 6.14. The lowest BCUT2D eigenvalue weighted by Gasteiger charge is -2.17. The Balaban J connectivity index is 2.10. The molecule has 2 atom stereocenters. The van der Waals surface area contributed by atoms with Gasteiger partial charge in [-0.2, -0.15) is 0 Å². The molecular formula is C13H16N4O. The average Bonchev–Trinajstić information content (AvgIpc) is 2.81. The Bertz CT molecular complexity index is 453. The molecule has 0 spiro atoms. The summed E-state index contributed by atoms with van der Waals surface area (Å²) in [6.07, 6.45) is 1.62. The summed E-state index contributed by atoms with van der Waals surface area (Å²) in [4.78, 5) is 14.4. The fourth-order valence-corrected chi connectivity index (χ4v) is 2.39. The highest BCUT2D eigenvalue weighted by Crippen LogP contribution is 2.27. The molecule has 0 aliphatic carbocycles. The monoisotopic (exact) mass is 244 g/mol. The number of carbonyl (C=O) groups excluding carboxylic acids is 1. The zero-order chi connectivity index (χ0) is 12.8. The van der Waals surface area contributed by atoms with E-state index in [1.54, 1.807) is 0 Å². The minimum Gasteiger partial charge on any atom is -0.356 e. The molecule has 18 heavy (non-hydrogen) atoms. The van der Waals surface area contributed by atoms with Crippen molar-refractivity contribution in [1.29, 1.82) is 0 Å². The van der Waals surface area contributed by atoms with E-state index in [2.05, 4.69) is 15.3 Å². The van der Waals surface area contributed by atoms with Crippen LogP contribution in [0.3, 0.4) is 0 Å². The molecule has 1 saturated heterocycles. The van der Waals surface area contributed by atoms with Gasteiger partial charge in [-0.15, -0.1) is 0 Å². The largest absolute Gasteiger partial charge is 0.356 e. The van der Waals surface area contributed by atoms with Crippen molar-refractivity contribution in [2.75, 3.05) is 13.1 Å². The van der Waals surface area contributed by atoms with E-state index < -0.39 is 0 Å². The summed E-state index contributed by atoms with van der Waals surface area (Å²) in [5.74, 6) is 0.289. The van der Waals surface area contributed by atoms with Gasteiger partial charge in [-0.05, 0) is 29.9 Å². The van der Waals surface area contributed by atoms with Crippen LogP contribution in [0, 0.1) is 5.92 Å². The van der Waals surface area contributed by atoms with Crippen LogP contribution in [0.5, 0.6) is 0 Å². The van der Waals surface area contributed by atoms with Crippen molar-refractivity contribution in [2.45, 2.75) is 18.8 Å². The van der Waals surface area contributed by atoms with Crippen LogP contribution in [0.15, 0.2) is 35.4 Å². The molecule has 1 heterocycles. The third-order valence-electron chi connectivity index (χ3n) is 3.37. The normalized spacial score (nSPS) is 20.0. The Morgan fingerprint density at radius 3 is 2.83 bits per heavy atom. The maximum absolute atomic E-state index is 11.6. The van der Waals surface area contributed by atoms with Gasteiger partial charge in [0.15, 0.2) is 0 Å². The number of azide groups is 1. The van der Waals surface area contributed by atoms with Crippen molar-refractivity contribution in [1.82, 2.24) is 5.32 Å². The zero-order valence-corrected chi connectivity index (χ0v) is 10.1. The van der Waals surface area contributed by atoms with E-state index in [1.807, 2.05) is 30.3 Å². The minimum atomic E-state index is 0.0455. The third kappa shape index (κ3) is 3.02. The Hall–Kier alpha value is -2.00. The van der Waals surface area contributed by atoms with Crippen molar-refractivity contribution in [3.05, 3.63) is 46.3 Å². The summed E-state index contributed by atoms with van der Waals surface area (Å²) >= 11 is 0. The highest BCUT2D eigenvalue weighted by Gasteiger charge is 2.27. The number of amides is 1. The summed E-state index contributed by atoms with van der Waals surface area (Å²) in [7, 11) is 0. The molecular weight excluding hydrogens is 228 g/mol. The second-order valence-corrected chi connectivity index (χ2v) is 4.53. The number of hydrogen-bond acceptors (Lipinski definition) is 2. The van der Waals surface area contributed by atoms with E-state index in [0.717, 1.165) is 24.9 Å². The van der Waals surface area contributed by atoms with Gasteiger partial charge >= 0.3 is 0 Å². The molecule has 1 fully saturated rings. The number of nitrogens with zero attached hydrogens (tertiary/aromatic N) is 3. The molecule has 0 saturated carbocycles. The SMILES string of the molecule is [N-]=[N+]=NC[C@H](C[C@H]1CCNC1=O)c1ccccc1. The average molecular weight is 244 g/mol. The molecule has 0 unspecified atom stereocenters. The van der Waals surface area contributed by atoms with E-state index in [-0.39, 0.29) is 17.7 Å². The zero-order valence-electron chi connectivity index (χ0n) is 10.1. The molecule has 0 bridgehead atoms. The van der Waals surface area contributed by atoms with E-state index in [1.165, 1.54) is 0 Å². The first-order chi connectivity index (χ1) is 8.81. The van der Waals surface area contributed by atoms with Gasteiger partial charge < -0.3 is 5.32 Å². The van der Waals surface area contributed by atoms with Crippen molar-refractivity contribution in [2.24, 2.45) is 11.0 Å². The molecule has 1 aromatic rings. The van der Waals surface area contributed by atoms with E-state index >= 15 is 0 Å². The highest BCUT2D eigenvalue weighted by molar-refractivity contribution is 5.80. The van der Waals surface area contributed by atoms with Crippen molar-refractivity contribution >= 4 is 5.91 Å². The van der Waals surface area contributed by atoms with Crippen LogP contribution in [0.25, 0.3) is 10.4 Å². The standard InChI is InChI=1S/C13H16N4O/c14-17-16-9-12(10-4-2-1-3-5-10)8-11-6-7-15-13(11)18/h1-5,11-12H,6-9H2,(H,15,18)/t11-,12+/m1/s1. The number of benzene rings is 1. The lowest BCUT2D eigenvalue weighted by Crippen LogP contribution is -2.21. The maximum atomic E-state index is 11.6. The van der Waals surface area contributed by atoms with Gasteiger partial charge in [0.2, 0.25) is 5.91 Å². The Morgan fingerprint density at radius 2 is 2.22 bits per heavy atom. The Morgan fingerprint density at radius 1 is 1.44 bits per heavy atom. The minimum absolute atomic E-state index is 0.0455. The fourth-order valence-electron chi connectivity index (χ4n) is 2.39. The molecule has 94 valence electrons. The van der Waals surface area contributed by atoms with Crippen molar-refractivity contribution < 1.29 is 4.79 Å². The number of nitrogens with one attached hydrogen (secondary N) is 1. The van der Waals surface area contributed by atoms with Crippen molar-refractivity contribution in [3.63, 3.8) is 0 Å². The molecule has 1 amide bonds. The molecule has 1 aromatic carbocycles. The first kappa shape index (κ1) is 12.5. The molecule has 0 radical (unpaired) electrons. The summed E-state index contributed by atoms with van der Waals surface area (Å²) in [5.41, 5.74) is 9.58. The summed E-state index contributed by atoms with van der Waals surface area (Å²) in [5, 5.41) is 6.50. The predicted octanol–water partition coefficient (Wildman–Crippen LogP) is 2.61. The van der Waals surface area contributed by atoms with Gasteiger partial charge in [-0.1, -0.05) is 35.4 Å². The van der Waals surface area contributed by atoms with Crippen LogP contribution in [-0.4, -0.2) is 19.0 Å². The van der Waals surface area contributed by atoms with E-state index in [9.17, 15) is 4.79 Å². The van der Waals surface area contributed by atoms with E-state index in [4.69, 9.17) is 5.53 Å². The molecule has 1 aliphatic heterocycles. The summed E-state index contributed by atoms with van der Waals surface area (Å²) < 4.78 is 0. The second-order valence-electron chi connectivity index (χ2n) is 4.53. The highest BCUT2D eigenvalue weighted by atomic mass is 16.2. The molecule has 5 nitrogen and oxygen atoms in total. The molecule has 0 aromatic heterocycles. The number of rotatable bonds is 5. The smallest absolute Gasteiger partial charge is 0.223 e. The summed E-state index contributed by atoms with van der Waals surface area (Å²) in [6.45, 7) is 1.16. The van der Waals surface area contributed by atoms with E-state index in [0.29, 0.717) is 6.54 Å². The van der Waals surface area contributed by atoms with Crippen LogP contribution in [-0.2, 0) is 4.79 Å². The molecule has 1 N–H and O–H groups in total. The van der Waals surface area contributed by atoms with Crippen LogP contribution >= 0.6 is 0 Å². The predicted molar refractivity (Wildman–Crippen MR) is 68.9 cm³/mol. The third-order valence-corrected chi connectivity index (χ3v) is 3.37. The van der Waals surface area contributed by atoms with Crippen LogP contribution < -0.4 is 5.32 Å². The Labute approximate surface area is 106 Å². The number of carbonyl (C=O) groups is 1. The molecule has 2 rings (SSSR count). The van der Waals surface area contributed by atoms with Gasteiger partial charge in [0.05, 0.1) is 0 Å². The topological polar surface area (TPSA) is 77.9 Å². The van der Waals surface area contributed by atoms with Gasteiger partial charge in [0.25, 0.3) is 0 Å². The maximum Gasteiger partial charge on any atom is 0.223 e. The van der Waals surface area contributed by atoms with Crippen molar-refractivity contribution in [3.8, 4) is 0 Å². The van der Waals surface area contributed by atoms with Crippen LogP contribution in [0.2, 0.25) is 0 Å². The van der Waals surface area contributed by atoms with Crippen LogP contribution in [0.1, 0.15) is 24.3 Å². The van der Waals surface area contributed by atoms with Gasteiger partial charge in [-0.3, -0.25) is 4.79 Å². The fraction of sp³-hybridized carbons (Fsp3) is 0.462. The summed E-state index contributed by atoms with van der Waals surface area (Å²) in [6, 6.07) is 9.92. The second kappa shape index (κ2) is 6.07. The quantitative estimate of drug-likeness (QED) is 0.482. The van der Waals surface area contributed by atoms with Crippen LogP contribution in [0.4, 0.5) is 0 Å². The first-order valence-electron chi connectivity index (χ1n) is 6.14. The molecule has 5 heteroatoms. The lowest BCUT2D eigenvalue weighted by atomic mass is 9.88. The Kier molecular flexibility index (Phi) is 4.20. The number of hydrogen-bond donors (Lipinski definition) is 1. The van der Waals surface area contributed by atoms with Gasteiger partial charge in [0, 0.05) is 23.9 Å². The lowest BCUT2D eigenvalue weighted by molar-refractivity contribution is -0.122. The van der Waals surface area contributed by atoms with Gasteiger partial charge in [-0.25, -0.2) is 0 Å². The molecule has 1 aliphatic rings. The van der Waals surface area contributed by atoms with Gasteiger partial charge in [0.1, 0.15) is 0 Å².